The first kappa shape index (κ1) is 14.8. The first-order valence-electron chi connectivity index (χ1n) is 8.37. The summed E-state index contributed by atoms with van der Waals surface area (Å²) < 4.78 is 0. The van der Waals surface area contributed by atoms with Crippen LogP contribution in [-0.2, 0) is 6.54 Å². The zero-order chi connectivity index (χ0) is 14.7. The first-order chi connectivity index (χ1) is 10.2. The van der Waals surface area contributed by atoms with Gasteiger partial charge in [-0.3, -0.25) is 4.90 Å². The lowest BCUT2D eigenvalue weighted by Gasteiger charge is -2.38. The third kappa shape index (κ3) is 3.74. The van der Waals surface area contributed by atoms with Crippen LogP contribution in [0.15, 0.2) is 18.3 Å². The standard InChI is InChI=1S/C17H28N4/c1-14(2)11-18-12-15-5-6-19-17(10-15)21-9-8-20-7-3-4-16(20)13-21/h5-6,10,14,16,18H,3-4,7-9,11-13H2,1-2H3. The maximum atomic E-state index is 4.60. The van der Waals surface area contributed by atoms with Crippen molar-refractivity contribution in [2.75, 3.05) is 37.6 Å². The maximum Gasteiger partial charge on any atom is 0.128 e. The third-order valence-corrected chi connectivity index (χ3v) is 4.60. The summed E-state index contributed by atoms with van der Waals surface area (Å²) in [6.45, 7) is 11.3. The zero-order valence-electron chi connectivity index (χ0n) is 13.4. The summed E-state index contributed by atoms with van der Waals surface area (Å²) in [5.74, 6) is 1.85. The minimum atomic E-state index is 0.696. The summed E-state index contributed by atoms with van der Waals surface area (Å²) in [5, 5.41) is 3.51. The molecule has 0 bridgehead atoms. The van der Waals surface area contributed by atoms with E-state index in [1.54, 1.807) is 0 Å². The molecule has 0 aromatic carbocycles. The van der Waals surface area contributed by atoms with E-state index in [4.69, 9.17) is 0 Å². The molecule has 4 heteroatoms. The molecule has 0 amide bonds. The minimum absolute atomic E-state index is 0.696. The molecule has 2 fully saturated rings. The Labute approximate surface area is 128 Å². The van der Waals surface area contributed by atoms with Gasteiger partial charge in [0.2, 0.25) is 0 Å². The number of hydrogen-bond acceptors (Lipinski definition) is 4. The highest BCUT2D eigenvalue weighted by Crippen LogP contribution is 2.24. The van der Waals surface area contributed by atoms with Gasteiger partial charge in [0.05, 0.1) is 0 Å². The average molecular weight is 288 g/mol. The maximum absolute atomic E-state index is 4.60. The SMILES string of the molecule is CC(C)CNCc1ccnc(N2CCN3CCCC3C2)c1. The molecule has 1 aromatic rings. The average Bonchev–Trinajstić information content (AvgIpc) is 2.94. The summed E-state index contributed by atoms with van der Waals surface area (Å²) >= 11 is 0. The molecule has 2 aliphatic heterocycles. The van der Waals surface area contributed by atoms with E-state index < -0.39 is 0 Å². The second kappa shape index (κ2) is 6.75. The van der Waals surface area contributed by atoms with Gasteiger partial charge in [0.25, 0.3) is 0 Å². The number of anilines is 1. The Morgan fingerprint density at radius 1 is 1.33 bits per heavy atom. The summed E-state index contributed by atoms with van der Waals surface area (Å²) in [5.41, 5.74) is 1.34. The van der Waals surface area contributed by atoms with Crippen LogP contribution in [0.3, 0.4) is 0 Å². The predicted molar refractivity (Wildman–Crippen MR) is 87.6 cm³/mol. The monoisotopic (exact) mass is 288 g/mol. The molecule has 1 aromatic heterocycles. The second-order valence-electron chi connectivity index (χ2n) is 6.83. The molecule has 116 valence electrons. The van der Waals surface area contributed by atoms with Crippen LogP contribution in [0.2, 0.25) is 0 Å². The molecule has 1 unspecified atom stereocenters. The topological polar surface area (TPSA) is 31.4 Å². The van der Waals surface area contributed by atoms with Crippen molar-refractivity contribution in [3.63, 3.8) is 0 Å². The van der Waals surface area contributed by atoms with Gasteiger partial charge < -0.3 is 10.2 Å². The number of rotatable bonds is 5. The summed E-state index contributed by atoms with van der Waals surface area (Å²) in [6.07, 6.45) is 4.68. The number of piperazine rings is 1. The van der Waals surface area contributed by atoms with Crippen LogP contribution in [0.25, 0.3) is 0 Å². The summed E-state index contributed by atoms with van der Waals surface area (Å²) in [7, 11) is 0. The molecule has 3 rings (SSSR count). The molecule has 4 nitrogen and oxygen atoms in total. The second-order valence-corrected chi connectivity index (χ2v) is 6.83. The molecule has 0 spiro atoms. The van der Waals surface area contributed by atoms with Crippen molar-refractivity contribution in [2.24, 2.45) is 5.92 Å². The van der Waals surface area contributed by atoms with Crippen molar-refractivity contribution in [3.05, 3.63) is 23.9 Å². The number of aromatic nitrogens is 1. The summed E-state index contributed by atoms with van der Waals surface area (Å²) in [6, 6.07) is 5.14. The zero-order valence-corrected chi connectivity index (χ0v) is 13.4. The van der Waals surface area contributed by atoms with Gasteiger partial charge in [-0.1, -0.05) is 13.8 Å². The van der Waals surface area contributed by atoms with Crippen molar-refractivity contribution < 1.29 is 0 Å². The Balaban J connectivity index is 1.60. The Morgan fingerprint density at radius 3 is 3.10 bits per heavy atom. The largest absolute Gasteiger partial charge is 0.354 e. The smallest absolute Gasteiger partial charge is 0.128 e. The van der Waals surface area contributed by atoms with Gasteiger partial charge in [0.15, 0.2) is 0 Å². The van der Waals surface area contributed by atoms with Gasteiger partial charge in [-0.2, -0.15) is 0 Å². The van der Waals surface area contributed by atoms with Gasteiger partial charge in [-0.25, -0.2) is 4.98 Å². The number of fused-ring (bicyclic) bond motifs is 1. The van der Waals surface area contributed by atoms with E-state index in [0.29, 0.717) is 5.92 Å². The fourth-order valence-electron chi connectivity index (χ4n) is 3.45. The van der Waals surface area contributed by atoms with Crippen molar-refractivity contribution in [1.82, 2.24) is 15.2 Å². The van der Waals surface area contributed by atoms with Gasteiger partial charge in [-0.05, 0) is 49.5 Å². The summed E-state index contributed by atoms with van der Waals surface area (Å²) in [4.78, 5) is 9.71. The lowest BCUT2D eigenvalue weighted by molar-refractivity contribution is 0.230. The van der Waals surface area contributed by atoms with E-state index in [2.05, 4.69) is 46.1 Å². The van der Waals surface area contributed by atoms with Crippen molar-refractivity contribution >= 4 is 5.82 Å². The molecule has 21 heavy (non-hydrogen) atoms. The van der Waals surface area contributed by atoms with E-state index in [1.165, 1.54) is 31.5 Å². The van der Waals surface area contributed by atoms with E-state index in [-0.39, 0.29) is 0 Å². The fraction of sp³-hybridized carbons (Fsp3) is 0.706. The molecule has 0 saturated carbocycles. The Morgan fingerprint density at radius 2 is 2.24 bits per heavy atom. The van der Waals surface area contributed by atoms with Crippen LogP contribution in [0, 0.1) is 5.92 Å². The highest BCUT2D eigenvalue weighted by Gasteiger charge is 2.30. The number of hydrogen-bond donors (Lipinski definition) is 1. The van der Waals surface area contributed by atoms with E-state index in [9.17, 15) is 0 Å². The van der Waals surface area contributed by atoms with Crippen LogP contribution < -0.4 is 10.2 Å². The van der Waals surface area contributed by atoms with Crippen LogP contribution in [0.5, 0.6) is 0 Å². The van der Waals surface area contributed by atoms with Crippen molar-refractivity contribution in [3.8, 4) is 0 Å². The van der Waals surface area contributed by atoms with E-state index in [0.717, 1.165) is 38.0 Å². The molecule has 0 aliphatic carbocycles. The predicted octanol–water partition coefficient (Wildman–Crippen LogP) is 2.11. The first-order valence-corrected chi connectivity index (χ1v) is 8.37. The highest BCUT2D eigenvalue weighted by molar-refractivity contribution is 5.42. The molecular weight excluding hydrogens is 260 g/mol. The van der Waals surface area contributed by atoms with Gasteiger partial charge in [0.1, 0.15) is 5.82 Å². The molecule has 2 aliphatic rings. The van der Waals surface area contributed by atoms with Gasteiger partial charge >= 0.3 is 0 Å². The van der Waals surface area contributed by atoms with Crippen LogP contribution in [0.1, 0.15) is 32.3 Å². The van der Waals surface area contributed by atoms with Crippen LogP contribution in [-0.4, -0.2) is 48.6 Å². The van der Waals surface area contributed by atoms with Crippen molar-refractivity contribution in [2.45, 2.75) is 39.3 Å². The number of nitrogens with one attached hydrogen (secondary N) is 1. The lowest BCUT2D eigenvalue weighted by atomic mass is 10.1. The minimum Gasteiger partial charge on any atom is -0.354 e. The van der Waals surface area contributed by atoms with Crippen LogP contribution >= 0.6 is 0 Å². The molecule has 3 heterocycles. The van der Waals surface area contributed by atoms with E-state index in [1.807, 2.05) is 6.20 Å². The van der Waals surface area contributed by atoms with Crippen LogP contribution in [0.4, 0.5) is 5.82 Å². The Bertz CT molecular complexity index is 460. The molecule has 2 saturated heterocycles. The Kier molecular flexibility index (Phi) is 4.76. The molecular formula is C17H28N4. The normalized spacial score (nSPS) is 22.8. The number of nitrogens with zero attached hydrogens (tertiary/aromatic N) is 3. The lowest BCUT2D eigenvalue weighted by Crippen LogP contribution is -2.50. The molecule has 1 atom stereocenters. The van der Waals surface area contributed by atoms with Crippen molar-refractivity contribution in [1.29, 1.82) is 0 Å². The Hall–Kier alpha value is -1.13. The van der Waals surface area contributed by atoms with E-state index >= 15 is 0 Å². The quantitative estimate of drug-likeness (QED) is 0.899. The van der Waals surface area contributed by atoms with Gasteiger partial charge in [-0.15, -0.1) is 0 Å². The molecule has 1 N–H and O–H groups in total. The fourth-order valence-corrected chi connectivity index (χ4v) is 3.45. The van der Waals surface area contributed by atoms with Gasteiger partial charge in [0, 0.05) is 38.4 Å². The molecule has 0 radical (unpaired) electrons. The highest BCUT2D eigenvalue weighted by atomic mass is 15.3. The third-order valence-electron chi connectivity index (χ3n) is 4.60. The number of pyridine rings is 1.